The third-order valence-electron chi connectivity index (χ3n) is 3.91. The second-order valence-corrected chi connectivity index (χ2v) is 6.03. The zero-order chi connectivity index (χ0) is 18.6. The molecule has 2 rings (SSSR count). The topological polar surface area (TPSA) is 81.5 Å². The standard InChI is InChI=1S/C18H19ClN2O4/c1-4-16(25-17-7-5-6-11(2)12(17)3)18(22)20-15-10-13(21(23)24)8-9-14(15)19/h5-10,16H,4H2,1-3H3,(H,20,22). The normalized spacial score (nSPS) is 11.7. The predicted molar refractivity (Wildman–Crippen MR) is 97.4 cm³/mol. The number of benzene rings is 2. The van der Waals surface area contributed by atoms with Gasteiger partial charge in [0.25, 0.3) is 11.6 Å². The van der Waals surface area contributed by atoms with E-state index >= 15 is 0 Å². The monoisotopic (exact) mass is 362 g/mol. The molecule has 1 unspecified atom stereocenters. The molecule has 6 nitrogen and oxygen atoms in total. The summed E-state index contributed by atoms with van der Waals surface area (Å²) in [5.74, 6) is 0.220. The Labute approximate surface area is 150 Å². The molecule has 2 aromatic rings. The third kappa shape index (κ3) is 4.48. The van der Waals surface area contributed by atoms with E-state index < -0.39 is 16.9 Å². The van der Waals surface area contributed by atoms with Crippen molar-refractivity contribution < 1.29 is 14.5 Å². The summed E-state index contributed by atoms with van der Waals surface area (Å²) in [6.45, 7) is 5.71. The lowest BCUT2D eigenvalue weighted by molar-refractivity contribution is -0.384. The molecule has 0 aliphatic rings. The Morgan fingerprint density at radius 1 is 1.32 bits per heavy atom. The first kappa shape index (κ1) is 18.7. The molecule has 1 atom stereocenters. The molecule has 0 aliphatic carbocycles. The number of non-ortho nitro benzene ring substituents is 1. The lowest BCUT2D eigenvalue weighted by Crippen LogP contribution is -2.32. The molecule has 0 radical (unpaired) electrons. The van der Waals surface area contributed by atoms with Gasteiger partial charge in [0, 0.05) is 12.1 Å². The molecule has 1 amide bonds. The van der Waals surface area contributed by atoms with Gasteiger partial charge in [-0.2, -0.15) is 0 Å². The van der Waals surface area contributed by atoms with Crippen molar-refractivity contribution in [2.75, 3.05) is 5.32 Å². The van der Waals surface area contributed by atoms with Crippen LogP contribution in [0, 0.1) is 24.0 Å². The molecule has 0 fully saturated rings. The number of nitro benzene ring substituents is 1. The summed E-state index contributed by atoms with van der Waals surface area (Å²) in [6, 6.07) is 9.51. The van der Waals surface area contributed by atoms with Crippen LogP contribution in [-0.4, -0.2) is 16.9 Å². The maximum atomic E-state index is 12.5. The number of ether oxygens (including phenoxy) is 1. The SMILES string of the molecule is CCC(Oc1cccc(C)c1C)C(=O)Nc1cc([N+](=O)[O-])ccc1Cl. The number of nitro groups is 1. The number of halogens is 1. The van der Waals surface area contributed by atoms with Crippen molar-refractivity contribution in [3.05, 3.63) is 62.7 Å². The Morgan fingerprint density at radius 2 is 2.04 bits per heavy atom. The number of nitrogens with zero attached hydrogens (tertiary/aromatic N) is 1. The van der Waals surface area contributed by atoms with Gasteiger partial charge in [-0.3, -0.25) is 14.9 Å². The van der Waals surface area contributed by atoms with Crippen LogP contribution in [0.5, 0.6) is 5.75 Å². The van der Waals surface area contributed by atoms with Crippen LogP contribution in [0.15, 0.2) is 36.4 Å². The largest absolute Gasteiger partial charge is 0.480 e. The molecular formula is C18H19ClN2O4. The summed E-state index contributed by atoms with van der Waals surface area (Å²) in [5.41, 5.74) is 2.06. The molecule has 7 heteroatoms. The van der Waals surface area contributed by atoms with Crippen LogP contribution in [0.4, 0.5) is 11.4 Å². The summed E-state index contributed by atoms with van der Waals surface area (Å²) in [6.07, 6.45) is -0.304. The Balaban J connectivity index is 2.19. The fraction of sp³-hybridized carbons (Fsp3) is 0.278. The van der Waals surface area contributed by atoms with Crippen LogP contribution in [0.2, 0.25) is 5.02 Å². The smallest absolute Gasteiger partial charge is 0.271 e. The molecule has 0 aromatic heterocycles. The van der Waals surface area contributed by atoms with Crippen LogP contribution in [0.25, 0.3) is 0 Å². The minimum absolute atomic E-state index is 0.150. The molecular weight excluding hydrogens is 344 g/mol. The maximum Gasteiger partial charge on any atom is 0.271 e. The highest BCUT2D eigenvalue weighted by atomic mass is 35.5. The van der Waals surface area contributed by atoms with Crippen LogP contribution in [-0.2, 0) is 4.79 Å². The number of nitrogens with one attached hydrogen (secondary N) is 1. The van der Waals surface area contributed by atoms with Crippen molar-refractivity contribution >= 4 is 28.9 Å². The number of carbonyl (C=O) groups is 1. The highest BCUT2D eigenvalue weighted by molar-refractivity contribution is 6.33. The lowest BCUT2D eigenvalue weighted by atomic mass is 10.1. The van der Waals surface area contributed by atoms with Gasteiger partial charge in [-0.15, -0.1) is 0 Å². The summed E-state index contributed by atoms with van der Waals surface area (Å²) in [7, 11) is 0. The molecule has 0 bridgehead atoms. The van der Waals surface area contributed by atoms with E-state index in [-0.39, 0.29) is 16.4 Å². The number of rotatable bonds is 6. The highest BCUT2D eigenvalue weighted by Gasteiger charge is 2.21. The molecule has 0 aliphatic heterocycles. The van der Waals surface area contributed by atoms with Crippen molar-refractivity contribution in [2.45, 2.75) is 33.3 Å². The van der Waals surface area contributed by atoms with Gasteiger partial charge in [0.15, 0.2) is 6.10 Å². The zero-order valence-electron chi connectivity index (χ0n) is 14.2. The quantitative estimate of drug-likeness (QED) is 0.598. The van der Waals surface area contributed by atoms with Gasteiger partial charge in [-0.05, 0) is 43.5 Å². The van der Waals surface area contributed by atoms with Gasteiger partial charge in [0.05, 0.1) is 15.6 Å². The second-order valence-electron chi connectivity index (χ2n) is 5.62. The van der Waals surface area contributed by atoms with Gasteiger partial charge < -0.3 is 10.1 Å². The molecule has 0 heterocycles. The highest BCUT2D eigenvalue weighted by Crippen LogP contribution is 2.28. The van der Waals surface area contributed by atoms with E-state index in [9.17, 15) is 14.9 Å². The maximum absolute atomic E-state index is 12.5. The number of hydrogen-bond donors (Lipinski definition) is 1. The molecule has 132 valence electrons. The van der Waals surface area contributed by atoms with Crippen molar-refractivity contribution in [1.29, 1.82) is 0 Å². The van der Waals surface area contributed by atoms with E-state index in [4.69, 9.17) is 16.3 Å². The first-order valence-electron chi connectivity index (χ1n) is 7.81. The zero-order valence-corrected chi connectivity index (χ0v) is 15.0. The van der Waals surface area contributed by atoms with E-state index in [0.717, 1.165) is 11.1 Å². The summed E-state index contributed by atoms with van der Waals surface area (Å²) in [4.78, 5) is 22.8. The average molecular weight is 363 g/mol. The lowest BCUT2D eigenvalue weighted by Gasteiger charge is -2.19. The summed E-state index contributed by atoms with van der Waals surface area (Å²) in [5, 5.41) is 13.7. The molecule has 0 saturated heterocycles. The first-order valence-corrected chi connectivity index (χ1v) is 8.19. The Kier molecular flexibility index (Phi) is 5.98. The Bertz CT molecular complexity index is 808. The van der Waals surface area contributed by atoms with Gasteiger partial charge in [0.1, 0.15) is 5.75 Å². The number of anilines is 1. The van der Waals surface area contributed by atoms with Crippen LogP contribution in [0.1, 0.15) is 24.5 Å². The van der Waals surface area contributed by atoms with E-state index in [2.05, 4.69) is 5.32 Å². The Morgan fingerprint density at radius 3 is 2.68 bits per heavy atom. The third-order valence-corrected chi connectivity index (χ3v) is 4.24. The number of aryl methyl sites for hydroxylation is 1. The molecule has 2 aromatic carbocycles. The van der Waals surface area contributed by atoms with Gasteiger partial charge in [-0.1, -0.05) is 30.7 Å². The van der Waals surface area contributed by atoms with Crippen molar-refractivity contribution in [2.24, 2.45) is 0 Å². The van der Waals surface area contributed by atoms with Gasteiger partial charge >= 0.3 is 0 Å². The number of carbonyl (C=O) groups excluding carboxylic acids is 1. The average Bonchev–Trinajstić information content (AvgIpc) is 2.57. The number of hydrogen-bond acceptors (Lipinski definition) is 4. The second kappa shape index (κ2) is 7.98. The van der Waals surface area contributed by atoms with E-state index in [0.29, 0.717) is 12.2 Å². The van der Waals surface area contributed by atoms with Crippen LogP contribution >= 0.6 is 11.6 Å². The minimum atomic E-state index is -0.740. The van der Waals surface area contributed by atoms with Gasteiger partial charge in [-0.25, -0.2) is 0 Å². The summed E-state index contributed by atoms with van der Waals surface area (Å²) >= 11 is 6.02. The molecule has 1 N–H and O–H groups in total. The van der Waals surface area contributed by atoms with E-state index in [1.165, 1.54) is 18.2 Å². The van der Waals surface area contributed by atoms with Crippen molar-refractivity contribution in [3.63, 3.8) is 0 Å². The predicted octanol–water partition coefficient (Wildman–Crippen LogP) is 4.66. The minimum Gasteiger partial charge on any atom is -0.480 e. The first-order chi connectivity index (χ1) is 11.8. The molecule has 0 saturated carbocycles. The van der Waals surface area contributed by atoms with Crippen molar-refractivity contribution in [1.82, 2.24) is 0 Å². The van der Waals surface area contributed by atoms with Crippen LogP contribution < -0.4 is 10.1 Å². The van der Waals surface area contributed by atoms with Gasteiger partial charge in [0.2, 0.25) is 0 Å². The fourth-order valence-electron chi connectivity index (χ4n) is 2.26. The molecule has 25 heavy (non-hydrogen) atoms. The fourth-order valence-corrected chi connectivity index (χ4v) is 2.43. The van der Waals surface area contributed by atoms with E-state index in [1.807, 2.05) is 32.9 Å². The summed E-state index contributed by atoms with van der Waals surface area (Å²) < 4.78 is 5.84. The number of amides is 1. The Hall–Kier alpha value is -2.60. The molecule has 0 spiro atoms. The van der Waals surface area contributed by atoms with E-state index in [1.54, 1.807) is 6.07 Å². The van der Waals surface area contributed by atoms with Crippen molar-refractivity contribution in [3.8, 4) is 5.75 Å². The van der Waals surface area contributed by atoms with Crippen LogP contribution in [0.3, 0.4) is 0 Å².